The molecule has 0 aliphatic carbocycles. The minimum absolute atomic E-state index is 0.0670. The van der Waals surface area contributed by atoms with Gasteiger partial charge in [-0.3, -0.25) is 9.59 Å². The van der Waals surface area contributed by atoms with Gasteiger partial charge in [0.15, 0.2) is 5.78 Å². The van der Waals surface area contributed by atoms with Crippen LogP contribution >= 0.6 is 0 Å². The van der Waals surface area contributed by atoms with E-state index in [0.717, 1.165) is 0 Å². The molecule has 0 spiro atoms. The zero-order chi connectivity index (χ0) is 13.3. The van der Waals surface area contributed by atoms with Crippen LogP contribution in [0.4, 0.5) is 0 Å². The molecular formula is C10H10O3. The Balaban J connectivity index is 3.16. The molecule has 0 amide bonds. The lowest BCUT2D eigenvalue weighted by molar-refractivity contribution is -0.136. The molecule has 3 nitrogen and oxygen atoms in total. The lowest BCUT2D eigenvalue weighted by Crippen LogP contribution is -2.03. The van der Waals surface area contributed by atoms with Crippen molar-refractivity contribution in [3.05, 3.63) is 35.9 Å². The number of aliphatic carboxylic acids is 1. The molecule has 0 saturated heterocycles. The Bertz CT molecular complexity index is 442. The van der Waals surface area contributed by atoms with Crippen molar-refractivity contribution in [1.29, 1.82) is 0 Å². The van der Waals surface area contributed by atoms with E-state index in [0.29, 0.717) is 0 Å². The van der Waals surface area contributed by atoms with Gasteiger partial charge in [0.1, 0.15) is 0 Å². The topological polar surface area (TPSA) is 54.4 Å². The molecule has 1 aromatic rings. The number of ketones is 1. The smallest absolute Gasteiger partial charge is 0.303 e. The van der Waals surface area contributed by atoms with Crippen molar-refractivity contribution in [2.45, 2.75) is 12.7 Å². The summed E-state index contributed by atoms with van der Waals surface area (Å²) < 4.78 is 29.0. The second kappa shape index (κ2) is 4.40. The van der Waals surface area contributed by atoms with E-state index in [1.165, 1.54) is 24.3 Å². The highest BCUT2D eigenvalue weighted by Crippen LogP contribution is 2.04. The molecule has 0 unspecified atom stereocenters. The van der Waals surface area contributed by atoms with Crippen LogP contribution in [0.5, 0.6) is 0 Å². The van der Waals surface area contributed by atoms with Gasteiger partial charge in [-0.2, -0.15) is 0 Å². The zero-order valence-electron chi connectivity index (χ0n) is 10.7. The van der Waals surface area contributed by atoms with Crippen molar-refractivity contribution >= 4 is 11.8 Å². The van der Waals surface area contributed by atoms with Crippen LogP contribution in [-0.2, 0) is 4.79 Å². The summed E-state index contributed by atoms with van der Waals surface area (Å²) >= 11 is 0. The lowest BCUT2D eigenvalue weighted by Gasteiger charge is -1.97. The summed E-state index contributed by atoms with van der Waals surface area (Å²) in [6.07, 6.45) is -6.40. The number of hydrogen-bond acceptors (Lipinski definition) is 2. The molecule has 0 fully saturated rings. The molecule has 0 aliphatic heterocycles. The van der Waals surface area contributed by atoms with E-state index < -0.39 is 24.5 Å². The fourth-order valence-corrected chi connectivity index (χ4v) is 0.772. The van der Waals surface area contributed by atoms with Gasteiger partial charge in [0.05, 0.1) is 6.37 Å². The fourth-order valence-electron chi connectivity index (χ4n) is 0.772. The van der Waals surface area contributed by atoms with Crippen LogP contribution in [0.25, 0.3) is 0 Å². The number of Topliss-reactive ketones (excluding diaryl/α,β-unsaturated/α-hetero) is 1. The van der Waals surface area contributed by atoms with E-state index >= 15 is 0 Å². The highest BCUT2D eigenvalue weighted by Gasteiger charge is 2.06. The number of carboxylic acids is 1. The van der Waals surface area contributed by atoms with Crippen molar-refractivity contribution in [2.75, 3.05) is 0 Å². The van der Waals surface area contributed by atoms with Gasteiger partial charge in [0, 0.05) is 17.4 Å². The van der Waals surface area contributed by atoms with Crippen LogP contribution in [-0.4, -0.2) is 16.9 Å². The number of rotatable bonds is 4. The van der Waals surface area contributed by atoms with Crippen LogP contribution in [0.15, 0.2) is 30.3 Å². The molecule has 68 valence electrons. The Morgan fingerprint density at radius 3 is 2.38 bits per heavy atom. The number of benzene rings is 1. The Morgan fingerprint density at radius 1 is 1.23 bits per heavy atom. The van der Waals surface area contributed by atoms with Crippen molar-refractivity contribution in [3.8, 4) is 0 Å². The van der Waals surface area contributed by atoms with Crippen molar-refractivity contribution in [2.24, 2.45) is 0 Å². The average molecular weight is 182 g/mol. The molecule has 0 atom stereocenters. The maximum atomic E-state index is 11.7. The maximum Gasteiger partial charge on any atom is 0.303 e. The monoisotopic (exact) mass is 182 g/mol. The van der Waals surface area contributed by atoms with E-state index in [1.807, 2.05) is 0 Å². The minimum Gasteiger partial charge on any atom is -0.481 e. The summed E-state index contributed by atoms with van der Waals surface area (Å²) in [5.74, 6) is -3.20. The van der Waals surface area contributed by atoms with Gasteiger partial charge >= 0.3 is 5.97 Å². The van der Waals surface area contributed by atoms with Crippen molar-refractivity contribution in [3.63, 3.8) is 0 Å². The minimum atomic E-state index is -3.28. The quantitative estimate of drug-likeness (QED) is 0.721. The van der Waals surface area contributed by atoms with Crippen molar-refractivity contribution in [1.82, 2.24) is 0 Å². The number of carbonyl (C=O) groups excluding carboxylic acids is 1. The lowest BCUT2D eigenvalue weighted by atomic mass is 10.1. The third-order valence-electron chi connectivity index (χ3n) is 1.32. The first-order valence-corrected chi connectivity index (χ1v) is 3.54. The SMILES string of the molecule is [2H]C([2H])(C(=O)O)C([2H])([2H])C(=O)c1ccccc1. The molecule has 0 radical (unpaired) electrons. The van der Waals surface area contributed by atoms with Crippen LogP contribution in [0.1, 0.15) is 28.6 Å². The average Bonchev–Trinajstić information content (AvgIpc) is 2.28. The predicted octanol–water partition coefficient (Wildman–Crippen LogP) is 1.73. The fraction of sp³-hybridized carbons (Fsp3) is 0.200. The van der Waals surface area contributed by atoms with Crippen LogP contribution < -0.4 is 0 Å². The van der Waals surface area contributed by atoms with Gasteiger partial charge in [0.25, 0.3) is 0 Å². The van der Waals surface area contributed by atoms with E-state index in [9.17, 15) is 9.59 Å². The Kier molecular flexibility index (Phi) is 1.75. The standard InChI is InChI=1S/C10H10O3/c11-9(6-7-10(12)13)8-4-2-1-3-5-8/h1-5H,6-7H2,(H,12,13)/i6D2,7D2. The van der Waals surface area contributed by atoms with Gasteiger partial charge < -0.3 is 5.11 Å². The third kappa shape index (κ3) is 3.07. The van der Waals surface area contributed by atoms with Gasteiger partial charge in [-0.25, -0.2) is 0 Å². The number of hydrogen-bond donors (Lipinski definition) is 1. The molecule has 0 heterocycles. The Hall–Kier alpha value is -1.64. The summed E-state index contributed by atoms with van der Waals surface area (Å²) in [4.78, 5) is 22.4. The first-order valence-electron chi connectivity index (χ1n) is 5.54. The largest absolute Gasteiger partial charge is 0.481 e. The first-order chi connectivity index (χ1) is 7.71. The molecule has 0 saturated carbocycles. The van der Waals surface area contributed by atoms with Crippen LogP contribution in [0.3, 0.4) is 0 Å². The predicted molar refractivity (Wildman–Crippen MR) is 47.6 cm³/mol. The molecule has 1 rings (SSSR count). The van der Waals surface area contributed by atoms with Crippen LogP contribution in [0.2, 0.25) is 0 Å². The molecule has 3 heteroatoms. The normalized spacial score (nSPS) is 16.3. The summed E-state index contributed by atoms with van der Waals surface area (Å²) in [6.45, 7) is 0. The second-order valence-electron chi connectivity index (χ2n) is 2.25. The summed E-state index contributed by atoms with van der Waals surface area (Å²) in [5, 5.41) is 8.61. The summed E-state index contributed by atoms with van der Waals surface area (Å²) in [6, 6.07) is 7.19. The molecule has 0 aromatic heterocycles. The molecule has 0 aliphatic rings. The van der Waals surface area contributed by atoms with E-state index in [2.05, 4.69) is 0 Å². The molecule has 1 N–H and O–H groups in total. The number of carboxylic acid groups (broad SMARTS) is 1. The zero-order valence-corrected chi connectivity index (χ0v) is 6.65. The molecule has 13 heavy (non-hydrogen) atoms. The van der Waals surface area contributed by atoms with Crippen molar-refractivity contribution < 1.29 is 20.2 Å². The van der Waals surface area contributed by atoms with Gasteiger partial charge in [0.2, 0.25) is 0 Å². The second-order valence-corrected chi connectivity index (χ2v) is 2.25. The number of carbonyl (C=O) groups is 2. The van der Waals surface area contributed by atoms with Crippen LogP contribution in [0, 0.1) is 0 Å². The Morgan fingerprint density at radius 2 is 1.85 bits per heavy atom. The maximum absolute atomic E-state index is 11.7. The van der Waals surface area contributed by atoms with E-state index in [4.69, 9.17) is 10.6 Å². The van der Waals surface area contributed by atoms with E-state index in [-0.39, 0.29) is 5.56 Å². The van der Waals surface area contributed by atoms with Gasteiger partial charge in [-0.1, -0.05) is 30.3 Å². The van der Waals surface area contributed by atoms with Gasteiger partial charge in [-0.15, -0.1) is 0 Å². The summed E-state index contributed by atoms with van der Waals surface area (Å²) in [7, 11) is 0. The third-order valence-corrected chi connectivity index (χ3v) is 1.32. The highest BCUT2D eigenvalue weighted by atomic mass is 16.4. The molecule has 1 aromatic carbocycles. The molecule has 0 bridgehead atoms. The Labute approximate surface area is 81.6 Å². The first kappa shape index (κ1) is 5.17. The highest BCUT2D eigenvalue weighted by molar-refractivity contribution is 5.97. The molecular weight excluding hydrogens is 168 g/mol. The van der Waals surface area contributed by atoms with E-state index in [1.54, 1.807) is 6.07 Å². The summed E-state index contributed by atoms with van der Waals surface area (Å²) in [5.41, 5.74) is -0.0670. The van der Waals surface area contributed by atoms with Gasteiger partial charge in [-0.05, 0) is 0 Å².